The summed E-state index contributed by atoms with van der Waals surface area (Å²) in [6.07, 6.45) is 0. The summed E-state index contributed by atoms with van der Waals surface area (Å²) >= 11 is 0. The summed E-state index contributed by atoms with van der Waals surface area (Å²) < 4.78 is 17.3. The van der Waals surface area contributed by atoms with Crippen LogP contribution in [0.1, 0.15) is 47.1 Å². The average Bonchev–Trinajstić information content (AvgIpc) is 2.49. The van der Waals surface area contributed by atoms with Gasteiger partial charge in [-0.3, -0.25) is 0 Å². The van der Waals surface area contributed by atoms with Crippen LogP contribution in [-0.4, -0.2) is 33.0 Å². The Balaban J connectivity index is 2.41. The van der Waals surface area contributed by atoms with Gasteiger partial charge in [-0.25, -0.2) is 4.89 Å². The molecule has 1 aliphatic rings. The number of hydrogen-bond acceptors (Lipinski definition) is 5. The fraction of sp³-hybridized carbons (Fsp3) is 0.700. The van der Waals surface area contributed by atoms with Gasteiger partial charge in [0.05, 0.1) is 20.3 Å². The van der Waals surface area contributed by atoms with Crippen LogP contribution in [0.25, 0.3) is 0 Å². The number of methoxy groups -OCH3 is 2. The molecule has 1 heterocycles. The lowest BCUT2D eigenvalue weighted by atomic mass is 9.68. The Labute approximate surface area is 151 Å². The van der Waals surface area contributed by atoms with Crippen molar-refractivity contribution in [2.75, 3.05) is 27.4 Å². The zero-order valence-corrected chi connectivity index (χ0v) is 16.8. The first-order chi connectivity index (χ1) is 11.5. The molecule has 0 spiro atoms. The van der Waals surface area contributed by atoms with E-state index in [1.165, 1.54) is 0 Å². The van der Waals surface area contributed by atoms with Crippen molar-refractivity contribution in [1.82, 2.24) is 0 Å². The van der Waals surface area contributed by atoms with Crippen LogP contribution in [-0.2, 0) is 25.0 Å². The van der Waals surface area contributed by atoms with Crippen molar-refractivity contribution < 1.29 is 24.0 Å². The van der Waals surface area contributed by atoms with Crippen LogP contribution in [0.2, 0.25) is 0 Å². The maximum Gasteiger partial charge on any atom is 0.263 e. The van der Waals surface area contributed by atoms with E-state index in [1.807, 2.05) is 24.3 Å². The number of benzene rings is 1. The van der Waals surface area contributed by atoms with Gasteiger partial charge in [-0.15, -0.1) is 0 Å². The van der Waals surface area contributed by atoms with Crippen LogP contribution in [0.3, 0.4) is 0 Å². The molecule has 0 N–H and O–H groups in total. The van der Waals surface area contributed by atoms with E-state index >= 15 is 0 Å². The Bertz CT molecular complexity index is 582. The van der Waals surface area contributed by atoms with Crippen LogP contribution < -0.4 is 4.74 Å². The second kappa shape index (κ2) is 6.88. The van der Waals surface area contributed by atoms with E-state index in [0.29, 0.717) is 13.2 Å². The zero-order chi connectivity index (χ0) is 18.9. The summed E-state index contributed by atoms with van der Waals surface area (Å²) in [7, 11) is 3.27. The third-order valence-corrected chi connectivity index (χ3v) is 4.62. The molecule has 0 amide bonds. The number of ether oxygens (including phenoxy) is 3. The molecule has 0 radical (unpaired) electrons. The second-order valence-corrected chi connectivity index (χ2v) is 8.85. The molecule has 142 valence electrons. The van der Waals surface area contributed by atoms with Gasteiger partial charge >= 0.3 is 0 Å². The summed E-state index contributed by atoms with van der Waals surface area (Å²) in [5.74, 6) is -0.319. The monoisotopic (exact) mass is 352 g/mol. The highest BCUT2D eigenvalue weighted by Crippen LogP contribution is 2.58. The Morgan fingerprint density at radius 1 is 1.00 bits per heavy atom. The lowest BCUT2D eigenvalue weighted by Gasteiger charge is -2.60. The van der Waals surface area contributed by atoms with E-state index in [0.717, 1.165) is 11.3 Å². The highest BCUT2D eigenvalue weighted by molar-refractivity contribution is 5.35. The summed E-state index contributed by atoms with van der Waals surface area (Å²) in [6.45, 7) is 13.7. The van der Waals surface area contributed by atoms with Gasteiger partial charge in [0.1, 0.15) is 5.75 Å². The molecule has 0 aromatic heterocycles. The molecule has 2 rings (SSSR count). The third kappa shape index (κ3) is 3.56. The number of rotatable bonds is 6. The molecule has 0 saturated carbocycles. The molecule has 1 aliphatic heterocycles. The molecule has 1 fully saturated rings. The van der Waals surface area contributed by atoms with Crippen molar-refractivity contribution in [3.63, 3.8) is 0 Å². The zero-order valence-electron chi connectivity index (χ0n) is 16.8. The molecular formula is C20H32O5. The predicted molar refractivity (Wildman–Crippen MR) is 96.3 cm³/mol. The standard InChI is InChI=1S/C20H32O5/c1-17(2,3)13-23-14-19(18(4,5)6)20(22-8,25-24-19)15-10-9-11-16(12-15)21-7/h9-12H,13-14H2,1-8H3. The summed E-state index contributed by atoms with van der Waals surface area (Å²) in [4.78, 5) is 11.4. The smallest absolute Gasteiger partial charge is 0.263 e. The van der Waals surface area contributed by atoms with Crippen LogP contribution in [0.5, 0.6) is 5.75 Å². The van der Waals surface area contributed by atoms with Crippen molar-refractivity contribution in [3.05, 3.63) is 29.8 Å². The highest BCUT2D eigenvalue weighted by atomic mass is 17.3. The molecule has 2 unspecified atom stereocenters. The molecule has 1 aromatic carbocycles. The first-order valence-electron chi connectivity index (χ1n) is 8.66. The van der Waals surface area contributed by atoms with Crippen molar-refractivity contribution in [1.29, 1.82) is 0 Å². The minimum atomic E-state index is -1.06. The van der Waals surface area contributed by atoms with E-state index in [9.17, 15) is 0 Å². The van der Waals surface area contributed by atoms with Gasteiger partial charge in [0.2, 0.25) is 0 Å². The minimum Gasteiger partial charge on any atom is -0.497 e. The maximum absolute atomic E-state index is 6.05. The Morgan fingerprint density at radius 3 is 2.12 bits per heavy atom. The molecule has 5 nitrogen and oxygen atoms in total. The van der Waals surface area contributed by atoms with Gasteiger partial charge in [0, 0.05) is 18.1 Å². The quantitative estimate of drug-likeness (QED) is 0.714. The second-order valence-electron chi connectivity index (χ2n) is 8.85. The third-order valence-electron chi connectivity index (χ3n) is 4.62. The average molecular weight is 352 g/mol. The molecule has 2 atom stereocenters. The van der Waals surface area contributed by atoms with Crippen molar-refractivity contribution in [2.24, 2.45) is 10.8 Å². The Hall–Kier alpha value is -1.14. The van der Waals surface area contributed by atoms with E-state index in [1.54, 1.807) is 14.2 Å². The first-order valence-corrected chi connectivity index (χ1v) is 8.66. The molecular weight excluding hydrogens is 320 g/mol. The largest absolute Gasteiger partial charge is 0.497 e. The van der Waals surface area contributed by atoms with Crippen LogP contribution in [0, 0.1) is 10.8 Å². The molecule has 0 aliphatic carbocycles. The van der Waals surface area contributed by atoms with Gasteiger partial charge < -0.3 is 14.2 Å². The van der Waals surface area contributed by atoms with E-state index in [4.69, 9.17) is 24.0 Å². The minimum absolute atomic E-state index is 0.0649. The predicted octanol–water partition coefficient (Wildman–Crippen LogP) is 4.30. The molecule has 1 aromatic rings. The van der Waals surface area contributed by atoms with Crippen molar-refractivity contribution in [3.8, 4) is 5.75 Å². The summed E-state index contributed by atoms with van der Waals surface area (Å²) in [5.41, 5.74) is -0.167. The van der Waals surface area contributed by atoms with Crippen LogP contribution in [0.15, 0.2) is 24.3 Å². The van der Waals surface area contributed by atoms with Gasteiger partial charge in [0.25, 0.3) is 5.79 Å². The number of hydrogen-bond donors (Lipinski definition) is 0. The maximum atomic E-state index is 6.05. The van der Waals surface area contributed by atoms with Gasteiger partial charge in [0.15, 0.2) is 5.60 Å². The highest BCUT2D eigenvalue weighted by Gasteiger charge is 2.72. The van der Waals surface area contributed by atoms with Crippen molar-refractivity contribution in [2.45, 2.75) is 52.9 Å². The Morgan fingerprint density at radius 2 is 1.68 bits per heavy atom. The van der Waals surface area contributed by atoms with Gasteiger partial charge in [-0.05, 0) is 17.5 Å². The Kier molecular flexibility index (Phi) is 5.55. The van der Waals surface area contributed by atoms with Gasteiger partial charge in [-0.1, -0.05) is 53.7 Å². The molecule has 0 bridgehead atoms. The van der Waals surface area contributed by atoms with Crippen molar-refractivity contribution >= 4 is 0 Å². The lowest BCUT2D eigenvalue weighted by molar-refractivity contribution is -0.638. The van der Waals surface area contributed by atoms with Crippen LogP contribution in [0.4, 0.5) is 0 Å². The van der Waals surface area contributed by atoms with Gasteiger partial charge in [-0.2, -0.15) is 4.89 Å². The fourth-order valence-corrected chi connectivity index (χ4v) is 3.10. The van der Waals surface area contributed by atoms with E-state index in [-0.39, 0.29) is 10.8 Å². The molecule has 25 heavy (non-hydrogen) atoms. The summed E-state index contributed by atoms with van der Waals surface area (Å²) in [6, 6.07) is 7.68. The first kappa shape index (κ1) is 20.2. The topological polar surface area (TPSA) is 46.2 Å². The molecule has 5 heteroatoms. The SMILES string of the molecule is COc1cccc(C2(OC)OOC2(COCC(C)(C)C)C(C)(C)C)c1. The molecule has 1 saturated heterocycles. The van der Waals surface area contributed by atoms with E-state index in [2.05, 4.69) is 41.5 Å². The van der Waals surface area contributed by atoms with E-state index < -0.39 is 11.4 Å². The van der Waals surface area contributed by atoms with Crippen LogP contribution >= 0.6 is 0 Å². The fourth-order valence-electron chi connectivity index (χ4n) is 3.10. The summed E-state index contributed by atoms with van der Waals surface area (Å²) in [5, 5.41) is 0. The lowest BCUT2D eigenvalue weighted by Crippen LogP contribution is -2.73. The normalized spacial score (nSPS) is 27.0.